The number of allylic oxidation sites excluding steroid dienone is 8. The fourth-order valence-corrected chi connectivity index (χ4v) is 15.9. The zero-order chi connectivity index (χ0) is 76.2. The standard InChI is InChI=1S/C94H179O10P/c1-5-9-13-17-21-25-29-33-37-41-45-49-53-57-61-65-69-73-77-81-85-94(91(96)87-95,86-82-78-74-70-66-62-58-54-50-46-42-38-34-30-26-22-18-14-10-6-2)104-105(99,100)102-89-90(103-93(98)84-80-76-72-68-64-60-56-52-48-44-40-36-32-28-24-20-16-12-8-4)88-101-92(97)83-79-75-71-67-63-59-55-51-47-43-39-35-31-27-23-19-15-11-7-3/h33-40,90-91,95-96H,5-32,41-89H2,1-4H3,(H,99,100)/b37-33-,38-34-,39-35-,40-36-/t90-,91?/m1/s1. The van der Waals surface area contributed by atoms with Crippen LogP contribution in [0.2, 0.25) is 0 Å². The fourth-order valence-electron chi connectivity index (χ4n) is 14.7. The Bertz CT molecular complexity index is 1880. The molecule has 105 heavy (non-hydrogen) atoms. The minimum atomic E-state index is -4.94. The number of unbranched alkanes of at least 4 members (excludes halogenated alkanes) is 62. The summed E-state index contributed by atoms with van der Waals surface area (Å²) in [6.45, 7) is 7.62. The molecule has 0 rings (SSSR count). The number of aliphatic hydroxyl groups excluding tert-OH is 2. The molecule has 620 valence electrons. The number of hydrogen-bond donors (Lipinski definition) is 3. The summed E-state index contributed by atoms with van der Waals surface area (Å²) in [6.07, 6.45) is 102. The van der Waals surface area contributed by atoms with Crippen LogP contribution in [-0.4, -0.2) is 64.7 Å². The minimum absolute atomic E-state index is 0.182. The van der Waals surface area contributed by atoms with Gasteiger partial charge in [-0.25, -0.2) is 4.57 Å². The Morgan fingerprint density at radius 2 is 0.533 bits per heavy atom. The average molecular weight is 1500 g/mol. The number of aliphatic hydroxyl groups is 2. The van der Waals surface area contributed by atoms with Crippen molar-refractivity contribution in [1.29, 1.82) is 0 Å². The van der Waals surface area contributed by atoms with Crippen molar-refractivity contribution in [2.24, 2.45) is 0 Å². The van der Waals surface area contributed by atoms with Gasteiger partial charge < -0.3 is 24.6 Å². The highest BCUT2D eigenvalue weighted by molar-refractivity contribution is 7.47. The molecule has 0 spiro atoms. The van der Waals surface area contributed by atoms with Crippen molar-refractivity contribution in [1.82, 2.24) is 0 Å². The van der Waals surface area contributed by atoms with Crippen LogP contribution in [-0.2, 0) is 32.7 Å². The molecule has 0 aliphatic carbocycles. The van der Waals surface area contributed by atoms with Gasteiger partial charge in [-0.15, -0.1) is 0 Å². The second-order valence-corrected chi connectivity index (χ2v) is 33.5. The lowest BCUT2D eigenvalue weighted by molar-refractivity contribution is -0.161. The van der Waals surface area contributed by atoms with Gasteiger partial charge in [-0.1, -0.05) is 410 Å². The summed E-state index contributed by atoms with van der Waals surface area (Å²) in [4.78, 5) is 38.3. The molecule has 0 aromatic rings. The van der Waals surface area contributed by atoms with Crippen molar-refractivity contribution in [2.75, 3.05) is 19.8 Å². The third-order valence-corrected chi connectivity index (χ3v) is 22.8. The Balaban J connectivity index is 5.60. The zero-order valence-electron chi connectivity index (χ0n) is 70.4. The smallest absolute Gasteiger partial charge is 0.462 e. The summed E-state index contributed by atoms with van der Waals surface area (Å²) in [7, 11) is -4.94. The van der Waals surface area contributed by atoms with Gasteiger partial charge in [0.25, 0.3) is 0 Å². The molecule has 0 heterocycles. The van der Waals surface area contributed by atoms with Gasteiger partial charge >= 0.3 is 19.8 Å². The lowest BCUT2D eigenvalue weighted by Crippen LogP contribution is -2.46. The quantitative estimate of drug-likeness (QED) is 0.0233. The maximum Gasteiger partial charge on any atom is 0.472 e. The molecule has 3 N–H and O–H groups in total. The van der Waals surface area contributed by atoms with Gasteiger partial charge in [0.2, 0.25) is 0 Å². The van der Waals surface area contributed by atoms with Gasteiger partial charge in [-0.3, -0.25) is 18.6 Å². The number of rotatable bonds is 88. The second kappa shape index (κ2) is 84.4. The summed E-state index contributed by atoms with van der Waals surface area (Å²) in [5.41, 5.74) is -1.53. The number of carbonyl (C=O) groups excluding carboxylic acids is 2. The van der Waals surface area contributed by atoms with Gasteiger partial charge in [0.15, 0.2) is 6.10 Å². The highest BCUT2D eigenvalue weighted by Crippen LogP contribution is 2.51. The van der Waals surface area contributed by atoms with Crippen LogP contribution in [0, 0.1) is 0 Å². The van der Waals surface area contributed by atoms with E-state index in [1.807, 2.05) is 0 Å². The molecule has 0 radical (unpaired) electrons. The van der Waals surface area contributed by atoms with E-state index < -0.39 is 50.8 Å². The maximum absolute atomic E-state index is 14.3. The van der Waals surface area contributed by atoms with Crippen LogP contribution in [0.3, 0.4) is 0 Å². The molecule has 0 amide bonds. The van der Waals surface area contributed by atoms with E-state index in [2.05, 4.69) is 76.3 Å². The van der Waals surface area contributed by atoms with E-state index in [-0.39, 0.29) is 32.3 Å². The minimum Gasteiger partial charge on any atom is -0.462 e. The van der Waals surface area contributed by atoms with E-state index in [0.717, 1.165) is 77.0 Å². The average Bonchev–Trinajstić information content (AvgIpc) is 0.811. The van der Waals surface area contributed by atoms with Gasteiger partial charge in [-0.2, -0.15) is 0 Å². The molecule has 0 fully saturated rings. The number of ether oxygens (including phenoxy) is 2. The number of phosphoric acid groups is 1. The molecular formula is C94H179O10P. The fraction of sp³-hybridized carbons (Fsp3) is 0.894. The van der Waals surface area contributed by atoms with Crippen LogP contribution in [0.15, 0.2) is 48.6 Å². The monoisotopic (exact) mass is 1500 g/mol. The SMILES string of the molecule is CCCCCCCC/C=C\CCCCCCCCCCCCC(CCCCCCCCCCCC/C=C\CCCCCCCC)(OP(=O)(O)OC[C@@H](COC(=O)CCCCCCCCCCC/C=C\CCCCCCCC)OC(=O)CCCCCCCCCCC/C=C\CCCCCCCC)C(O)CO. The first-order chi connectivity index (χ1) is 51.6. The van der Waals surface area contributed by atoms with Crippen molar-refractivity contribution >= 4 is 19.8 Å². The van der Waals surface area contributed by atoms with Crippen molar-refractivity contribution in [3.8, 4) is 0 Å². The third-order valence-electron chi connectivity index (χ3n) is 21.7. The first-order valence-electron chi connectivity index (χ1n) is 46.5. The second-order valence-electron chi connectivity index (χ2n) is 32.1. The Kier molecular flexibility index (Phi) is 82.7. The summed E-state index contributed by atoms with van der Waals surface area (Å²) >= 11 is 0. The summed E-state index contributed by atoms with van der Waals surface area (Å²) in [5.74, 6) is -0.869. The molecule has 0 aliphatic rings. The van der Waals surface area contributed by atoms with Crippen LogP contribution >= 0.6 is 7.82 Å². The largest absolute Gasteiger partial charge is 0.472 e. The van der Waals surface area contributed by atoms with Gasteiger partial charge in [-0.05, 0) is 128 Å². The molecule has 0 aromatic heterocycles. The number of carbonyl (C=O) groups is 2. The first-order valence-corrected chi connectivity index (χ1v) is 48.0. The van der Waals surface area contributed by atoms with Crippen LogP contribution in [0.5, 0.6) is 0 Å². The number of phosphoric ester groups is 1. The van der Waals surface area contributed by atoms with Crippen molar-refractivity contribution in [2.45, 2.75) is 521 Å². The Hall–Kier alpha value is -2.07. The summed E-state index contributed by atoms with van der Waals surface area (Å²) in [5, 5.41) is 22.3. The van der Waals surface area contributed by atoms with E-state index in [0.29, 0.717) is 25.7 Å². The predicted molar refractivity (Wildman–Crippen MR) is 454 cm³/mol. The molecule has 2 unspecified atom stereocenters. The predicted octanol–water partition coefficient (Wildman–Crippen LogP) is 30.8. The normalized spacial score (nSPS) is 13.4. The lowest BCUT2D eigenvalue weighted by atomic mass is 9.85. The van der Waals surface area contributed by atoms with Crippen molar-refractivity contribution < 1.29 is 47.8 Å². The zero-order valence-corrected chi connectivity index (χ0v) is 71.3. The van der Waals surface area contributed by atoms with Gasteiger partial charge in [0, 0.05) is 12.8 Å². The Morgan fingerprint density at radius 3 is 0.781 bits per heavy atom. The molecular weight excluding hydrogens is 1320 g/mol. The van der Waals surface area contributed by atoms with Crippen LogP contribution in [0.1, 0.15) is 503 Å². The molecule has 0 bridgehead atoms. The highest BCUT2D eigenvalue weighted by Gasteiger charge is 2.45. The van der Waals surface area contributed by atoms with Crippen molar-refractivity contribution in [3.63, 3.8) is 0 Å². The maximum atomic E-state index is 14.3. The molecule has 0 aliphatic heterocycles. The molecule has 0 aromatic carbocycles. The summed E-state index contributed by atoms with van der Waals surface area (Å²) < 4.78 is 37.8. The first kappa shape index (κ1) is 103. The van der Waals surface area contributed by atoms with Crippen LogP contribution < -0.4 is 0 Å². The molecule has 11 heteroatoms. The summed E-state index contributed by atoms with van der Waals surface area (Å²) in [6, 6.07) is 0. The number of hydrogen-bond acceptors (Lipinski definition) is 9. The molecule has 0 saturated heterocycles. The number of esters is 2. The molecule has 3 atom stereocenters. The van der Waals surface area contributed by atoms with E-state index in [4.69, 9.17) is 18.5 Å². The van der Waals surface area contributed by atoms with E-state index in [1.165, 1.54) is 347 Å². The van der Waals surface area contributed by atoms with Crippen molar-refractivity contribution in [3.05, 3.63) is 48.6 Å². The van der Waals surface area contributed by atoms with Crippen LogP contribution in [0.25, 0.3) is 0 Å². The highest BCUT2D eigenvalue weighted by atomic mass is 31.2. The van der Waals surface area contributed by atoms with E-state index in [9.17, 15) is 29.3 Å². The molecule has 10 nitrogen and oxygen atoms in total. The third kappa shape index (κ3) is 77.1. The van der Waals surface area contributed by atoms with Gasteiger partial charge in [0.1, 0.15) is 18.3 Å². The van der Waals surface area contributed by atoms with E-state index >= 15 is 0 Å². The molecule has 0 saturated carbocycles. The Morgan fingerprint density at radius 1 is 0.314 bits per heavy atom. The van der Waals surface area contributed by atoms with E-state index in [1.54, 1.807) is 0 Å². The topological polar surface area (TPSA) is 149 Å². The van der Waals surface area contributed by atoms with Crippen LogP contribution in [0.4, 0.5) is 0 Å². The lowest BCUT2D eigenvalue weighted by Gasteiger charge is -2.38. The Labute approximate surface area is 653 Å². The van der Waals surface area contributed by atoms with Gasteiger partial charge in [0.05, 0.1) is 13.2 Å².